The number of hydrogen-bond acceptors (Lipinski definition) is 4. The fourth-order valence-electron chi connectivity index (χ4n) is 4.07. The Morgan fingerprint density at radius 3 is 2.59 bits per heavy atom. The highest BCUT2D eigenvalue weighted by Crippen LogP contribution is 2.27. The van der Waals surface area contributed by atoms with Crippen LogP contribution in [0.5, 0.6) is 0 Å². The van der Waals surface area contributed by atoms with Gasteiger partial charge in [-0.1, -0.05) is 24.0 Å². The number of nitrogens with one attached hydrogen (secondary N) is 3. The number of halogens is 1. The van der Waals surface area contributed by atoms with Crippen LogP contribution < -0.4 is 16.0 Å². The number of carbonyl (C=O) groups excluding carboxylic acids is 2. The van der Waals surface area contributed by atoms with Crippen molar-refractivity contribution in [2.24, 2.45) is 5.92 Å². The summed E-state index contributed by atoms with van der Waals surface area (Å²) in [4.78, 5) is 37.1. The van der Waals surface area contributed by atoms with Crippen LogP contribution in [0.1, 0.15) is 36.8 Å². The molecule has 34 heavy (non-hydrogen) atoms. The van der Waals surface area contributed by atoms with E-state index in [-0.39, 0.29) is 24.9 Å². The van der Waals surface area contributed by atoms with Crippen LogP contribution in [-0.2, 0) is 16.1 Å². The first kappa shape index (κ1) is 23.6. The molecule has 0 bridgehead atoms. The van der Waals surface area contributed by atoms with E-state index < -0.39 is 30.3 Å². The van der Waals surface area contributed by atoms with Crippen LogP contribution in [0.15, 0.2) is 24.3 Å². The average Bonchev–Trinajstić information content (AvgIpc) is 3.37. The lowest BCUT2D eigenvalue weighted by atomic mass is 10.1. The van der Waals surface area contributed by atoms with Crippen molar-refractivity contribution in [2.45, 2.75) is 56.5 Å². The van der Waals surface area contributed by atoms with Gasteiger partial charge in [-0.05, 0) is 48.8 Å². The molecule has 0 unspecified atom stereocenters. The summed E-state index contributed by atoms with van der Waals surface area (Å²) in [5, 5.41) is 17.9. The Morgan fingerprint density at radius 2 is 1.88 bits per heavy atom. The van der Waals surface area contributed by atoms with Gasteiger partial charge in [-0.2, -0.15) is 0 Å². The minimum Gasteiger partial charge on any atom is -0.465 e. The minimum absolute atomic E-state index is 0.152. The molecule has 0 aromatic heterocycles. The molecule has 178 valence electrons. The predicted molar refractivity (Wildman–Crippen MR) is 122 cm³/mol. The van der Waals surface area contributed by atoms with Gasteiger partial charge in [0, 0.05) is 37.0 Å². The first-order valence-corrected chi connectivity index (χ1v) is 11.4. The zero-order valence-electron chi connectivity index (χ0n) is 18.6. The van der Waals surface area contributed by atoms with Gasteiger partial charge in [-0.25, -0.2) is 9.18 Å². The maximum Gasteiger partial charge on any atom is 0.408 e. The van der Waals surface area contributed by atoms with Gasteiger partial charge >= 0.3 is 6.09 Å². The van der Waals surface area contributed by atoms with Gasteiger partial charge in [0.25, 0.3) is 0 Å². The second kappa shape index (κ2) is 10.6. The van der Waals surface area contributed by atoms with Gasteiger partial charge in [0.1, 0.15) is 12.2 Å². The molecule has 3 amide bonds. The van der Waals surface area contributed by atoms with Crippen LogP contribution in [0.4, 0.5) is 9.18 Å². The number of amides is 3. The van der Waals surface area contributed by atoms with Gasteiger partial charge < -0.3 is 21.1 Å². The molecule has 0 radical (unpaired) electrons. The fraction of sp³-hybridized carbons (Fsp3) is 0.480. The average molecular weight is 467 g/mol. The topological polar surface area (TPSA) is 111 Å². The van der Waals surface area contributed by atoms with Crippen LogP contribution in [0.3, 0.4) is 0 Å². The number of nitrogens with zero attached hydrogens (tertiary/aromatic N) is 1. The predicted octanol–water partition coefficient (Wildman–Crippen LogP) is 1.00. The summed E-state index contributed by atoms with van der Waals surface area (Å²) < 4.78 is 13.6. The van der Waals surface area contributed by atoms with Crippen molar-refractivity contribution in [2.75, 3.05) is 13.1 Å². The van der Waals surface area contributed by atoms with Gasteiger partial charge in [0.2, 0.25) is 11.8 Å². The lowest BCUT2D eigenvalue weighted by molar-refractivity contribution is -0.126. The monoisotopic (exact) mass is 466 g/mol. The SMILES string of the molecule is O=C(NCc1ccc(C#CC#CC2CC2)cc1)[C@H]1C[C@@H](NC(=O)[C@@H]2C[C@H](F)CN2C(=O)O)CN1. The highest BCUT2D eigenvalue weighted by molar-refractivity contribution is 5.87. The minimum atomic E-state index is -1.35. The number of carbonyl (C=O) groups is 3. The fourth-order valence-corrected chi connectivity index (χ4v) is 4.07. The molecule has 2 heterocycles. The summed E-state index contributed by atoms with van der Waals surface area (Å²) >= 11 is 0. The van der Waals surface area contributed by atoms with E-state index in [0.29, 0.717) is 25.4 Å². The van der Waals surface area contributed by atoms with Gasteiger partial charge in [0.15, 0.2) is 0 Å². The molecule has 1 aliphatic carbocycles. The molecule has 1 aromatic carbocycles. The zero-order valence-corrected chi connectivity index (χ0v) is 18.6. The summed E-state index contributed by atoms with van der Waals surface area (Å²) in [5.41, 5.74) is 1.79. The van der Waals surface area contributed by atoms with Crippen molar-refractivity contribution < 1.29 is 23.9 Å². The molecule has 8 nitrogen and oxygen atoms in total. The summed E-state index contributed by atoms with van der Waals surface area (Å²) in [6, 6.07) is 5.72. The Balaban J connectivity index is 1.21. The second-order valence-electron chi connectivity index (χ2n) is 8.89. The summed E-state index contributed by atoms with van der Waals surface area (Å²) in [5.74, 6) is 11.6. The normalized spacial score (nSPS) is 25.5. The number of benzene rings is 1. The van der Waals surface area contributed by atoms with E-state index in [4.69, 9.17) is 5.11 Å². The first-order valence-electron chi connectivity index (χ1n) is 11.4. The van der Waals surface area contributed by atoms with Crippen LogP contribution in [-0.4, -0.2) is 65.3 Å². The molecule has 0 spiro atoms. The van der Waals surface area contributed by atoms with E-state index in [0.717, 1.165) is 16.0 Å². The smallest absolute Gasteiger partial charge is 0.408 e. The maximum absolute atomic E-state index is 13.6. The Morgan fingerprint density at radius 1 is 1.12 bits per heavy atom. The quantitative estimate of drug-likeness (QED) is 0.484. The largest absolute Gasteiger partial charge is 0.465 e. The number of rotatable bonds is 5. The van der Waals surface area contributed by atoms with Crippen molar-refractivity contribution in [1.29, 1.82) is 0 Å². The Kier molecular flexibility index (Phi) is 7.34. The molecule has 2 aliphatic heterocycles. The van der Waals surface area contributed by atoms with E-state index in [1.165, 1.54) is 12.8 Å². The molecular weight excluding hydrogens is 439 g/mol. The summed E-state index contributed by atoms with van der Waals surface area (Å²) in [6.07, 6.45) is -0.104. The zero-order chi connectivity index (χ0) is 24.1. The van der Waals surface area contributed by atoms with Gasteiger partial charge in [-0.3, -0.25) is 14.5 Å². The molecule has 3 fully saturated rings. The maximum atomic E-state index is 13.6. The highest BCUT2D eigenvalue weighted by atomic mass is 19.1. The number of likely N-dealkylation sites (tertiary alicyclic amines) is 1. The molecule has 4 atom stereocenters. The Hall–Kier alpha value is -3.56. The van der Waals surface area contributed by atoms with E-state index in [9.17, 15) is 18.8 Å². The van der Waals surface area contributed by atoms with Crippen molar-refractivity contribution in [3.8, 4) is 23.7 Å². The van der Waals surface area contributed by atoms with Crippen LogP contribution in [0, 0.1) is 29.6 Å². The third-order valence-corrected chi connectivity index (χ3v) is 6.14. The lowest BCUT2D eigenvalue weighted by Crippen LogP contribution is -2.49. The van der Waals surface area contributed by atoms with Crippen molar-refractivity contribution >= 4 is 17.9 Å². The first-order chi connectivity index (χ1) is 16.4. The Labute approximate surface area is 197 Å². The molecule has 9 heteroatoms. The number of hydrogen-bond donors (Lipinski definition) is 4. The van der Waals surface area contributed by atoms with E-state index in [1.54, 1.807) is 0 Å². The van der Waals surface area contributed by atoms with Crippen molar-refractivity contribution in [1.82, 2.24) is 20.9 Å². The molecule has 1 saturated carbocycles. The standard InChI is InChI=1S/C25H27FN4O4/c26-19-11-22(30(15-19)25(33)34)24(32)29-20-12-21(27-14-20)23(31)28-13-18-9-7-17(8-10-18)4-2-1-3-16-5-6-16/h7-10,16,19-22,27H,5-6,11-15H2,(H,28,31)(H,29,32)(H,33,34)/t19-,20+,21+,22-/m0/s1. The number of alkyl halides is 1. The van der Waals surface area contributed by atoms with Crippen LogP contribution in [0.25, 0.3) is 0 Å². The van der Waals surface area contributed by atoms with E-state index in [1.807, 2.05) is 24.3 Å². The van der Waals surface area contributed by atoms with E-state index >= 15 is 0 Å². The van der Waals surface area contributed by atoms with Gasteiger partial charge in [0.05, 0.1) is 12.6 Å². The van der Waals surface area contributed by atoms with Gasteiger partial charge in [-0.15, -0.1) is 0 Å². The highest BCUT2D eigenvalue weighted by Gasteiger charge is 2.41. The van der Waals surface area contributed by atoms with Crippen LogP contribution >= 0.6 is 0 Å². The molecular formula is C25H27FN4O4. The summed E-state index contributed by atoms with van der Waals surface area (Å²) in [7, 11) is 0. The molecule has 4 N–H and O–H groups in total. The molecule has 3 aliphatic rings. The van der Waals surface area contributed by atoms with Crippen molar-refractivity contribution in [3.63, 3.8) is 0 Å². The molecule has 4 rings (SSSR count). The van der Waals surface area contributed by atoms with E-state index in [2.05, 4.69) is 39.6 Å². The molecule has 1 aromatic rings. The lowest BCUT2D eigenvalue weighted by Gasteiger charge is -2.22. The second-order valence-corrected chi connectivity index (χ2v) is 8.89. The third kappa shape index (κ3) is 6.27. The third-order valence-electron chi connectivity index (χ3n) is 6.14. The summed E-state index contributed by atoms with van der Waals surface area (Å²) in [6.45, 7) is 0.430. The number of carboxylic acid groups (broad SMARTS) is 1. The Bertz CT molecular complexity index is 1060. The van der Waals surface area contributed by atoms with Crippen molar-refractivity contribution in [3.05, 3.63) is 35.4 Å². The molecule has 2 saturated heterocycles. The van der Waals surface area contributed by atoms with Crippen LogP contribution in [0.2, 0.25) is 0 Å².